The molecule has 0 aliphatic carbocycles. The third-order valence-electron chi connectivity index (χ3n) is 2.95. The third kappa shape index (κ3) is 2.18. The first-order chi connectivity index (χ1) is 7.12. The highest BCUT2D eigenvalue weighted by Crippen LogP contribution is 2.39. The number of aliphatic hydroxyl groups is 1. The summed E-state index contributed by atoms with van der Waals surface area (Å²) in [5, 5.41) is 10.9. The molecule has 1 nitrogen and oxygen atoms in total. The molecule has 0 aromatic heterocycles. The Morgan fingerprint density at radius 2 is 2.20 bits per heavy atom. The van der Waals surface area contributed by atoms with Gasteiger partial charge in [-0.2, -0.15) is 11.8 Å². The van der Waals surface area contributed by atoms with Gasteiger partial charge >= 0.3 is 0 Å². The van der Waals surface area contributed by atoms with Crippen LogP contribution in [0.15, 0.2) is 24.3 Å². The van der Waals surface area contributed by atoms with Crippen LogP contribution in [0.3, 0.4) is 0 Å². The molecular formula is C12H15FOS. The van der Waals surface area contributed by atoms with E-state index in [1.165, 1.54) is 6.07 Å². The lowest BCUT2D eigenvalue weighted by Crippen LogP contribution is -2.34. The fourth-order valence-corrected chi connectivity index (χ4v) is 3.07. The van der Waals surface area contributed by atoms with Crippen LogP contribution in [-0.4, -0.2) is 16.1 Å². The lowest BCUT2D eigenvalue weighted by Gasteiger charge is -2.35. The SMILES string of the molecule is CC1CCC(O)(c2ccccc2F)CS1. The normalized spacial score (nSPS) is 31.5. The second-order valence-electron chi connectivity index (χ2n) is 4.17. The highest BCUT2D eigenvalue weighted by Gasteiger charge is 2.35. The van der Waals surface area contributed by atoms with Crippen molar-refractivity contribution in [1.29, 1.82) is 0 Å². The molecule has 1 aromatic rings. The number of rotatable bonds is 1. The molecule has 1 aliphatic heterocycles. The largest absolute Gasteiger partial charge is 0.384 e. The average Bonchev–Trinajstić information content (AvgIpc) is 2.23. The van der Waals surface area contributed by atoms with E-state index in [1.807, 2.05) is 0 Å². The van der Waals surface area contributed by atoms with Crippen LogP contribution >= 0.6 is 11.8 Å². The molecule has 1 aliphatic rings. The average molecular weight is 226 g/mol. The predicted molar refractivity (Wildman–Crippen MR) is 61.5 cm³/mol. The minimum absolute atomic E-state index is 0.296. The molecule has 2 unspecified atom stereocenters. The van der Waals surface area contributed by atoms with Gasteiger partial charge in [0.1, 0.15) is 11.4 Å². The number of hydrogen-bond donors (Lipinski definition) is 1. The van der Waals surface area contributed by atoms with Crippen LogP contribution < -0.4 is 0 Å². The summed E-state index contributed by atoms with van der Waals surface area (Å²) in [7, 11) is 0. The molecule has 0 amide bonds. The molecule has 0 spiro atoms. The van der Waals surface area contributed by atoms with Crippen LogP contribution in [-0.2, 0) is 5.60 Å². The fourth-order valence-electron chi connectivity index (χ4n) is 1.93. The molecule has 1 aromatic carbocycles. The number of halogens is 1. The summed E-state index contributed by atoms with van der Waals surface area (Å²) >= 11 is 1.71. The number of thioether (sulfide) groups is 1. The van der Waals surface area contributed by atoms with Crippen molar-refractivity contribution in [3.63, 3.8) is 0 Å². The Bertz CT molecular complexity index is 345. The molecule has 2 atom stereocenters. The second-order valence-corrected chi connectivity index (χ2v) is 5.60. The highest BCUT2D eigenvalue weighted by molar-refractivity contribution is 7.99. The van der Waals surface area contributed by atoms with Crippen molar-refractivity contribution in [2.75, 3.05) is 5.75 Å². The van der Waals surface area contributed by atoms with Crippen molar-refractivity contribution in [3.05, 3.63) is 35.6 Å². The Labute approximate surface area is 93.7 Å². The summed E-state index contributed by atoms with van der Waals surface area (Å²) in [5.74, 6) is 0.296. The van der Waals surface area contributed by atoms with E-state index < -0.39 is 5.60 Å². The van der Waals surface area contributed by atoms with Crippen LogP contribution in [0.4, 0.5) is 4.39 Å². The Morgan fingerprint density at radius 3 is 2.80 bits per heavy atom. The zero-order chi connectivity index (χ0) is 10.9. The first kappa shape index (κ1) is 11.0. The van der Waals surface area contributed by atoms with E-state index in [1.54, 1.807) is 30.0 Å². The van der Waals surface area contributed by atoms with Gasteiger partial charge in [-0.05, 0) is 18.9 Å². The highest BCUT2D eigenvalue weighted by atomic mass is 32.2. The monoisotopic (exact) mass is 226 g/mol. The lowest BCUT2D eigenvalue weighted by atomic mass is 9.89. The minimum Gasteiger partial charge on any atom is -0.384 e. The topological polar surface area (TPSA) is 20.2 Å². The Morgan fingerprint density at radius 1 is 1.47 bits per heavy atom. The standard InChI is InChI=1S/C12H15FOS/c1-9-6-7-12(14,8-15-9)10-4-2-3-5-11(10)13/h2-5,9,14H,6-8H2,1H3. The molecule has 1 heterocycles. The zero-order valence-corrected chi connectivity index (χ0v) is 9.56. The maximum atomic E-state index is 13.5. The zero-order valence-electron chi connectivity index (χ0n) is 8.74. The van der Waals surface area contributed by atoms with Crippen molar-refractivity contribution in [2.45, 2.75) is 30.6 Å². The summed E-state index contributed by atoms with van der Waals surface area (Å²) in [6.45, 7) is 2.14. The maximum absolute atomic E-state index is 13.5. The van der Waals surface area contributed by atoms with Gasteiger partial charge in [0.2, 0.25) is 0 Å². The first-order valence-electron chi connectivity index (χ1n) is 5.21. The van der Waals surface area contributed by atoms with E-state index >= 15 is 0 Å². The van der Waals surface area contributed by atoms with Crippen LogP contribution in [0.5, 0.6) is 0 Å². The molecule has 15 heavy (non-hydrogen) atoms. The van der Waals surface area contributed by atoms with E-state index in [2.05, 4.69) is 6.92 Å². The van der Waals surface area contributed by atoms with Gasteiger partial charge in [0.05, 0.1) is 0 Å². The Balaban J connectivity index is 2.26. The molecule has 2 rings (SSSR count). The number of benzene rings is 1. The summed E-state index contributed by atoms with van der Waals surface area (Å²) in [6, 6.07) is 6.53. The van der Waals surface area contributed by atoms with Crippen molar-refractivity contribution in [3.8, 4) is 0 Å². The summed E-state index contributed by atoms with van der Waals surface area (Å²) in [6.07, 6.45) is 1.59. The second kappa shape index (κ2) is 4.14. The number of hydrogen-bond acceptors (Lipinski definition) is 2. The smallest absolute Gasteiger partial charge is 0.129 e. The summed E-state index contributed by atoms with van der Waals surface area (Å²) in [5.41, 5.74) is -0.521. The molecule has 82 valence electrons. The molecule has 1 saturated heterocycles. The van der Waals surface area contributed by atoms with Gasteiger partial charge in [-0.25, -0.2) is 4.39 Å². The van der Waals surface area contributed by atoms with E-state index in [0.717, 1.165) is 6.42 Å². The van der Waals surface area contributed by atoms with Crippen LogP contribution in [0, 0.1) is 5.82 Å². The van der Waals surface area contributed by atoms with Crippen LogP contribution in [0.1, 0.15) is 25.3 Å². The predicted octanol–water partition coefficient (Wildman–Crippen LogP) is 2.93. The molecule has 0 radical (unpaired) electrons. The van der Waals surface area contributed by atoms with Crippen molar-refractivity contribution >= 4 is 11.8 Å². The quantitative estimate of drug-likeness (QED) is 0.794. The lowest BCUT2D eigenvalue weighted by molar-refractivity contribution is 0.0435. The Kier molecular flexibility index (Phi) is 3.03. The van der Waals surface area contributed by atoms with Crippen LogP contribution in [0.25, 0.3) is 0 Å². The van der Waals surface area contributed by atoms with Gasteiger partial charge < -0.3 is 5.11 Å². The van der Waals surface area contributed by atoms with Gasteiger partial charge in [-0.1, -0.05) is 25.1 Å². The van der Waals surface area contributed by atoms with E-state index in [0.29, 0.717) is 23.0 Å². The third-order valence-corrected chi connectivity index (χ3v) is 4.40. The van der Waals surface area contributed by atoms with Gasteiger partial charge in [0.15, 0.2) is 0 Å². The van der Waals surface area contributed by atoms with Gasteiger partial charge in [-0.15, -0.1) is 0 Å². The summed E-state index contributed by atoms with van der Waals surface area (Å²) < 4.78 is 13.5. The Hall–Kier alpha value is -0.540. The van der Waals surface area contributed by atoms with E-state index in [9.17, 15) is 9.50 Å². The van der Waals surface area contributed by atoms with Gasteiger partial charge in [0, 0.05) is 16.6 Å². The molecular weight excluding hydrogens is 211 g/mol. The van der Waals surface area contributed by atoms with Gasteiger partial charge in [-0.3, -0.25) is 0 Å². The van der Waals surface area contributed by atoms with Crippen molar-refractivity contribution in [2.24, 2.45) is 0 Å². The van der Waals surface area contributed by atoms with E-state index in [4.69, 9.17) is 0 Å². The fraction of sp³-hybridized carbons (Fsp3) is 0.500. The molecule has 0 saturated carbocycles. The van der Waals surface area contributed by atoms with E-state index in [-0.39, 0.29) is 5.82 Å². The molecule has 1 fully saturated rings. The van der Waals surface area contributed by atoms with Crippen molar-refractivity contribution in [1.82, 2.24) is 0 Å². The van der Waals surface area contributed by atoms with Crippen molar-refractivity contribution < 1.29 is 9.50 Å². The minimum atomic E-state index is -0.970. The molecule has 1 N–H and O–H groups in total. The van der Waals surface area contributed by atoms with Gasteiger partial charge in [0.25, 0.3) is 0 Å². The maximum Gasteiger partial charge on any atom is 0.129 e. The molecule has 3 heteroatoms. The summed E-state index contributed by atoms with van der Waals surface area (Å²) in [4.78, 5) is 0. The molecule has 0 bridgehead atoms. The van der Waals surface area contributed by atoms with Crippen LogP contribution in [0.2, 0.25) is 0 Å². The first-order valence-corrected chi connectivity index (χ1v) is 6.26.